The van der Waals surface area contributed by atoms with Crippen molar-refractivity contribution in [3.63, 3.8) is 0 Å². The largest absolute Gasteiger partial charge is 0.350 e. The third kappa shape index (κ3) is 3.49. The van der Waals surface area contributed by atoms with Crippen molar-refractivity contribution in [3.8, 4) is 0 Å². The Morgan fingerprint density at radius 1 is 1.16 bits per heavy atom. The zero-order valence-electron chi connectivity index (χ0n) is 13.5. The Morgan fingerprint density at radius 2 is 1.92 bits per heavy atom. The molecular weight excluding hydrogens is 422 g/mol. The van der Waals surface area contributed by atoms with E-state index < -0.39 is 0 Å². The van der Waals surface area contributed by atoms with Crippen molar-refractivity contribution in [3.05, 3.63) is 55.8 Å². The van der Waals surface area contributed by atoms with Gasteiger partial charge in [-0.25, -0.2) is 0 Å². The minimum absolute atomic E-state index is 0.0573. The van der Waals surface area contributed by atoms with Crippen LogP contribution in [0.1, 0.15) is 15.4 Å². The lowest BCUT2D eigenvalue weighted by molar-refractivity contribution is 0.0624. The number of fused-ring (bicyclic) bond motifs is 1. The van der Waals surface area contributed by atoms with Crippen LogP contribution in [0.25, 0.3) is 10.9 Å². The number of hydrogen-bond donors (Lipinski definition) is 1. The molecule has 1 N–H and O–H groups in total. The minimum atomic E-state index is 0.0573. The highest BCUT2D eigenvalue weighted by atomic mass is 79.9. The van der Waals surface area contributed by atoms with Crippen LogP contribution in [0.5, 0.6) is 0 Å². The number of thiophene rings is 1. The lowest BCUT2D eigenvalue weighted by Crippen LogP contribution is -2.48. The molecule has 0 aliphatic carbocycles. The third-order valence-corrected chi connectivity index (χ3v) is 6.56. The van der Waals surface area contributed by atoms with Gasteiger partial charge in [0, 0.05) is 48.5 Å². The fourth-order valence-electron chi connectivity index (χ4n) is 3.18. The number of benzene rings is 1. The summed E-state index contributed by atoms with van der Waals surface area (Å²) in [7, 11) is 0. The highest BCUT2D eigenvalue weighted by Gasteiger charge is 2.25. The van der Waals surface area contributed by atoms with Crippen LogP contribution in [0.2, 0.25) is 4.34 Å². The van der Waals surface area contributed by atoms with Crippen molar-refractivity contribution in [1.82, 2.24) is 14.8 Å². The lowest BCUT2D eigenvalue weighted by Gasteiger charge is -2.34. The van der Waals surface area contributed by atoms with Crippen LogP contribution in [-0.4, -0.2) is 46.9 Å². The smallest absolute Gasteiger partial charge is 0.271 e. The van der Waals surface area contributed by atoms with Gasteiger partial charge in [-0.15, -0.1) is 11.3 Å². The first-order valence-corrected chi connectivity index (χ1v) is 10.1. The highest BCUT2D eigenvalue weighted by molar-refractivity contribution is 9.10. The summed E-state index contributed by atoms with van der Waals surface area (Å²) in [5.41, 5.74) is 1.62. The predicted molar refractivity (Wildman–Crippen MR) is 107 cm³/mol. The molecule has 4 rings (SSSR count). The molecule has 1 aromatic carbocycles. The van der Waals surface area contributed by atoms with Crippen LogP contribution in [0.4, 0.5) is 0 Å². The number of aromatic amines is 1. The van der Waals surface area contributed by atoms with E-state index in [1.165, 1.54) is 4.88 Å². The van der Waals surface area contributed by atoms with E-state index >= 15 is 0 Å². The molecule has 1 fully saturated rings. The fraction of sp³-hybridized carbons (Fsp3) is 0.278. The summed E-state index contributed by atoms with van der Waals surface area (Å²) >= 11 is 11.2. The van der Waals surface area contributed by atoms with Gasteiger partial charge < -0.3 is 9.88 Å². The van der Waals surface area contributed by atoms with Crippen LogP contribution in [0.15, 0.2) is 40.9 Å². The number of nitrogens with one attached hydrogen (secondary N) is 1. The lowest BCUT2D eigenvalue weighted by atomic mass is 10.2. The predicted octanol–water partition coefficient (Wildman–Crippen LogP) is 4.60. The van der Waals surface area contributed by atoms with Crippen LogP contribution in [0, 0.1) is 0 Å². The summed E-state index contributed by atoms with van der Waals surface area (Å²) in [6.07, 6.45) is 0. The maximum absolute atomic E-state index is 12.9. The third-order valence-electron chi connectivity index (χ3n) is 4.52. The number of H-pyrrole nitrogens is 1. The number of aromatic nitrogens is 1. The van der Waals surface area contributed by atoms with Crippen LogP contribution < -0.4 is 0 Å². The van der Waals surface area contributed by atoms with Crippen LogP contribution >= 0.6 is 38.9 Å². The van der Waals surface area contributed by atoms with E-state index in [4.69, 9.17) is 11.6 Å². The second-order valence-corrected chi connectivity index (χ2v) is 8.73. The van der Waals surface area contributed by atoms with E-state index in [0.29, 0.717) is 5.69 Å². The minimum Gasteiger partial charge on any atom is -0.350 e. The molecule has 7 heteroatoms. The van der Waals surface area contributed by atoms with Gasteiger partial charge in [0.1, 0.15) is 5.69 Å². The summed E-state index contributed by atoms with van der Waals surface area (Å²) < 4.78 is 1.68. The van der Waals surface area contributed by atoms with Gasteiger partial charge in [-0.05, 0) is 34.1 Å². The van der Waals surface area contributed by atoms with Crippen molar-refractivity contribution in [2.75, 3.05) is 26.2 Å². The van der Waals surface area contributed by atoms with Crippen molar-refractivity contribution >= 4 is 55.7 Å². The highest BCUT2D eigenvalue weighted by Crippen LogP contribution is 2.29. The number of halogens is 2. The monoisotopic (exact) mass is 437 g/mol. The maximum atomic E-state index is 12.9. The number of carbonyl (C=O) groups excluding carboxylic acids is 1. The average Bonchev–Trinajstić information content (AvgIpc) is 3.19. The Balaban J connectivity index is 1.43. The first kappa shape index (κ1) is 17.1. The van der Waals surface area contributed by atoms with Gasteiger partial charge in [0.25, 0.3) is 5.91 Å². The maximum Gasteiger partial charge on any atom is 0.271 e. The molecule has 0 spiro atoms. The Bertz CT molecular complexity index is 914. The van der Waals surface area contributed by atoms with Gasteiger partial charge in [-0.3, -0.25) is 9.69 Å². The summed E-state index contributed by atoms with van der Waals surface area (Å²) in [4.78, 5) is 21.7. The van der Waals surface area contributed by atoms with Gasteiger partial charge >= 0.3 is 0 Å². The molecule has 1 aliphatic heterocycles. The van der Waals surface area contributed by atoms with E-state index in [1.807, 2.05) is 35.2 Å². The second-order valence-electron chi connectivity index (χ2n) is 6.13. The molecular formula is C18H17BrClN3OS. The molecule has 25 heavy (non-hydrogen) atoms. The first-order chi connectivity index (χ1) is 12.1. The molecule has 1 aliphatic rings. The number of piperazine rings is 1. The summed E-state index contributed by atoms with van der Waals surface area (Å²) in [6.45, 7) is 4.12. The van der Waals surface area contributed by atoms with Crippen LogP contribution in [-0.2, 0) is 6.54 Å². The number of carbonyl (C=O) groups is 1. The molecule has 0 radical (unpaired) electrons. The normalized spacial score (nSPS) is 15.8. The van der Waals surface area contributed by atoms with E-state index in [1.54, 1.807) is 11.3 Å². The molecule has 0 bridgehead atoms. The Hall–Kier alpha value is -1.34. The average molecular weight is 439 g/mol. The fourth-order valence-corrected chi connectivity index (χ4v) is 4.92. The van der Waals surface area contributed by atoms with E-state index in [2.05, 4.69) is 31.9 Å². The molecule has 2 aromatic heterocycles. The molecule has 4 nitrogen and oxygen atoms in total. The molecule has 0 atom stereocenters. The number of nitrogens with zero attached hydrogens (tertiary/aromatic N) is 2. The summed E-state index contributed by atoms with van der Waals surface area (Å²) in [5.74, 6) is 0.0573. The number of rotatable bonds is 3. The summed E-state index contributed by atoms with van der Waals surface area (Å²) in [6, 6.07) is 12.0. The first-order valence-electron chi connectivity index (χ1n) is 8.14. The quantitative estimate of drug-likeness (QED) is 0.649. The number of amides is 1. The van der Waals surface area contributed by atoms with Crippen LogP contribution in [0.3, 0.4) is 0 Å². The molecule has 3 aromatic rings. The number of hydrogen-bond acceptors (Lipinski definition) is 3. The van der Waals surface area contributed by atoms with Crippen molar-refractivity contribution in [2.24, 2.45) is 0 Å². The zero-order valence-corrected chi connectivity index (χ0v) is 16.6. The van der Waals surface area contributed by atoms with Crippen molar-refractivity contribution in [2.45, 2.75) is 6.54 Å². The molecule has 1 amide bonds. The molecule has 0 saturated carbocycles. The van der Waals surface area contributed by atoms with E-state index in [-0.39, 0.29) is 5.91 Å². The Morgan fingerprint density at radius 3 is 2.60 bits per heavy atom. The van der Waals surface area contributed by atoms with Gasteiger partial charge in [0.05, 0.1) is 8.81 Å². The molecule has 130 valence electrons. The molecule has 3 heterocycles. The van der Waals surface area contributed by atoms with Gasteiger partial charge in [0.15, 0.2) is 0 Å². The van der Waals surface area contributed by atoms with Gasteiger partial charge in [0.2, 0.25) is 0 Å². The van der Waals surface area contributed by atoms with Crippen molar-refractivity contribution in [1.29, 1.82) is 0 Å². The SMILES string of the molecule is O=C(c1[nH]c2ccccc2c1Br)N1CCN(Cc2ccc(Cl)s2)CC1. The Kier molecular flexibility index (Phi) is 4.86. The zero-order chi connectivity index (χ0) is 17.4. The summed E-state index contributed by atoms with van der Waals surface area (Å²) in [5, 5.41) is 1.04. The van der Waals surface area contributed by atoms with Gasteiger partial charge in [-0.2, -0.15) is 0 Å². The molecule has 1 saturated heterocycles. The van der Waals surface area contributed by atoms with E-state index in [9.17, 15) is 4.79 Å². The molecule has 0 unspecified atom stereocenters. The van der Waals surface area contributed by atoms with Crippen molar-refractivity contribution < 1.29 is 4.79 Å². The number of para-hydroxylation sites is 1. The second kappa shape index (κ2) is 7.11. The van der Waals surface area contributed by atoms with Gasteiger partial charge in [-0.1, -0.05) is 29.8 Å². The topological polar surface area (TPSA) is 39.3 Å². The van der Waals surface area contributed by atoms with E-state index in [0.717, 1.165) is 52.4 Å². The standard InChI is InChI=1S/C18H17BrClN3OS/c19-16-13-3-1-2-4-14(13)21-17(16)18(24)23-9-7-22(8-10-23)11-12-5-6-15(20)25-12/h1-6,21H,7-11H2. The Labute approximate surface area is 163 Å².